The van der Waals surface area contributed by atoms with Gasteiger partial charge in [-0.1, -0.05) is 0 Å². The van der Waals surface area contributed by atoms with E-state index in [2.05, 4.69) is 30.6 Å². The number of imidazole rings is 1. The molecule has 0 radical (unpaired) electrons. The van der Waals surface area contributed by atoms with Crippen molar-refractivity contribution in [2.75, 3.05) is 17.2 Å². The number of aromatic nitrogens is 4. The zero-order valence-electron chi connectivity index (χ0n) is 12.6. The number of nitrogens with one attached hydrogen (secondary N) is 3. The van der Waals surface area contributed by atoms with Crippen molar-refractivity contribution < 1.29 is 5.11 Å². The fourth-order valence-electron chi connectivity index (χ4n) is 1.61. The number of rotatable bonds is 5. The van der Waals surface area contributed by atoms with Gasteiger partial charge in [0.15, 0.2) is 11.5 Å². The van der Waals surface area contributed by atoms with E-state index >= 15 is 0 Å². The topological polar surface area (TPSA) is 98.8 Å². The van der Waals surface area contributed by atoms with Gasteiger partial charge in [0.1, 0.15) is 5.52 Å². The molecule has 0 aliphatic rings. The molecule has 0 saturated heterocycles. The largest absolute Gasteiger partial charge is 0.388 e. The van der Waals surface area contributed by atoms with Crippen molar-refractivity contribution in [1.82, 2.24) is 19.9 Å². The minimum atomic E-state index is -0.914. The Morgan fingerprint density at radius 2 is 1.95 bits per heavy atom. The van der Waals surface area contributed by atoms with E-state index in [-0.39, 0.29) is 0 Å². The highest BCUT2D eigenvalue weighted by Gasteiger charge is 2.35. The Morgan fingerprint density at radius 1 is 1.25 bits per heavy atom. The van der Waals surface area contributed by atoms with E-state index < -0.39 is 11.1 Å². The highest BCUT2D eigenvalue weighted by Crippen LogP contribution is 2.28. The maximum atomic E-state index is 10.3. The SMILES string of the molecule is CCNc1nc(NC(C)(C)C(C)(C)O)c2[nH]cnc2n1. The van der Waals surface area contributed by atoms with Crippen LogP contribution in [0.3, 0.4) is 0 Å². The molecule has 110 valence electrons. The molecule has 7 nitrogen and oxygen atoms in total. The minimum Gasteiger partial charge on any atom is -0.388 e. The molecular weight excluding hydrogens is 256 g/mol. The van der Waals surface area contributed by atoms with Gasteiger partial charge in [0.2, 0.25) is 5.95 Å². The lowest BCUT2D eigenvalue weighted by Gasteiger charge is -2.38. The molecule has 2 heterocycles. The Labute approximate surface area is 118 Å². The predicted octanol–water partition coefficient (Wildman–Crippen LogP) is 1.75. The summed E-state index contributed by atoms with van der Waals surface area (Å²) in [4.78, 5) is 15.9. The minimum absolute atomic E-state index is 0.515. The number of hydrogen-bond donors (Lipinski definition) is 4. The third kappa shape index (κ3) is 2.67. The van der Waals surface area contributed by atoms with Crippen LogP contribution in [-0.4, -0.2) is 42.7 Å². The van der Waals surface area contributed by atoms with Crippen LogP contribution in [0, 0.1) is 0 Å². The van der Waals surface area contributed by atoms with E-state index in [0.29, 0.717) is 17.4 Å². The average Bonchev–Trinajstić information content (AvgIpc) is 2.75. The zero-order chi connectivity index (χ0) is 15.0. The van der Waals surface area contributed by atoms with Crippen molar-refractivity contribution in [3.63, 3.8) is 0 Å². The Balaban J connectivity index is 2.45. The van der Waals surface area contributed by atoms with Crippen LogP contribution in [0.2, 0.25) is 0 Å². The molecule has 0 amide bonds. The number of nitrogens with zero attached hydrogens (tertiary/aromatic N) is 3. The second-order valence-corrected chi connectivity index (χ2v) is 5.84. The fourth-order valence-corrected chi connectivity index (χ4v) is 1.61. The van der Waals surface area contributed by atoms with E-state index in [1.54, 1.807) is 20.2 Å². The van der Waals surface area contributed by atoms with Crippen molar-refractivity contribution in [3.8, 4) is 0 Å². The van der Waals surface area contributed by atoms with Gasteiger partial charge in [0, 0.05) is 6.54 Å². The molecule has 0 fully saturated rings. The maximum absolute atomic E-state index is 10.3. The molecule has 0 aromatic carbocycles. The molecule has 0 aliphatic carbocycles. The lowest BCUT2D eigenvalue weighted by molar-refractivity contribution is 0.0239. The quantitative estimate of drug-likeness (QED) is 0.665. The van der Waals surface area contributed by atoms with E-state index in [0.717, 1.165) is 12.1 Å². The molecule has 0 unspecified atom stereocenters. The third-order valence-electron chi connectivity index (χ3n) is 3.58. The van der Waals surface area contributed by atoms with Crippen LogP contribution >= 0.6 is 0 Å². The molecule has 0 spiro atoms. The van der Waals surface area contributed by atoms with Crippen molar-refractivity contribution in [3.05, 3.63) is 6.33 Å². The summed E-state index contributed by atoms with van der Waals surface area (Å²) in [5.74, 6) is 1.14. The Kier molecular flexibility index (Phi) is 3.56. The molecule has 2 rings (SSSR count). The number of hydrogen-bond acceptors (Lipinski definition) is 6. The van der Waals surface area contributed by atoms with Crippen LogP contribution in [0.5, 0.6) is 0 Å². The van der Waals surface area contributed by atoms with E-state index in [4.69, 9.17) is 0 Å². The van der Waals surface area contributed by atoms with Crippen molar-refractivity contribution >= 4 is 22.9 Å². The van der Waals surface area contributed by atoms with E-state index in [1.165, 1.54) is 0 Å². The van der Waals surface area contributed by atoms with Gasteiger partial charge in [-0.15, -0.1) is 0 Å². The van der Waals surface area contributed by atoms with E-state index in [1.807, 2.05) is 20.8 Å². The third-order valence-corrected chi connectivity index (χ3v) is 3.58. The summed E-state index contributed by atoms with van der Waals surface area (Å²) >= 11 is 0. The Morgan fingerprint density at radius 3 is 2.55 bits per heavy atom. The number of fused-ring (bicyclic) bond motifs is 1. The van der Waals surface area contributed by atoms with Gasteiger partial charge in [0.05, 0.1) is 17.5 Å². The van der Waals surface area contributed by atoms with Crippen LogP contribution in [0.25, 0.3) is 11.2 Å². The predicted molar refractivity (Wildman–Crippen MR) is 79.8 cm³/mol. The van der Waals surface area contributed by atoms with Crippen molar-refractivity contribution in [2.24, 2.45) is 0 Å². The number of H-pyrrole nitrogens is 1. The smallest absolute Gasteiger partial charge is 0.226 e. The highest BCUT2D eigenvalue weighted by atomic mass is 16.3. The lowest BCUT2D eigenvalue weighted by atomic mass is 9.86. The normalized spacial score (nSPS) is 12.7. The molecule has 2 aromatic rings. The summed E-state index contributed by atoms with van der Waals surface area (Å²) < 4.78 is 0. The summed E-state index contributed by atoms with van der Waals surface area (Å²) in [5.41, 5.74) is -0.167. The van der Waals surface area contributed by atoms with Gasteiger partial charge < -0.3 is 20.7 Å². The van der Waals surface area contributed by atoms with Gasteiger partial charge in [-0.25, -0.2) is 4.98 Å². The van der Waals surface area contributed by atoms with Crippen LogP contribution in [0.15, 0.2) is 6.33 Å². The summed E-state index contributed by atoms with van der Waals surface area (Å²) in [5, 5.41) is 16.6. The first-order chi connectivity index (χ1) is 9.24. The van der Waals surface area contributed by atoms with Crippen LogP contribution in [0.1, 0.15) is 34.6 Å². The van der Waals surface area contributed by atoms with Crippen molar-refractivity contribution in [1.29, 1.82) is 0 Å². The second kappa shape index (κ2) is 4.90. The Hall–Kier alpha value is -1.89. The monoisotopic (exact) mass is 278 g/mol. The molecule has 20 heavy (non-hydrogen) atoms. The number of anilines is 2. The van der Waals surface area contributed by atoms with Crippen LogP contribution < -0.4 is 10.6 Å². The lowest BCUT2D eigenvalue weighted by Crippen LogP contribution is -2.51. The highest BCUT2D eigenvalue weighted by molar-refractivity contribution is 5.84. The van der Waals surface area contributed by atoms with Gasteiger partial charge in [-0.2, -0.15) is 9.97 Å². The molecule has 0 bridgehead atoms. The number of aromatic amines is 1. The summed E-state index contributed by atoms with van der Waals surface area (Å²) in [7, 11) is 0. The molecule has 0 aliphatic heterocycles. The molecule has 0 saturated carbocycles. The first-order valence-electron chi connectivity index (χ1n) is 6.70. The van der Waals surface area contributed by atoms with Crippen LogP contribution in [-0.2, 0) is 0 Å². The maximum Gasteiger partial charge on any atom is 0.226 e. The molecule has 2 aromatic heterocycles. The summed E-state index contributed by atoms with van der Waals surface area (Å²) in [6, 6.07) is 0. The zero-order valence-corrected chi connectivity index (χ0v) is 12.6. The van der Waals surface area contributed by atoms with Gasteiger partial charge in [-0.3, -0.25) is 0 Å². The number of aliphatic hydroxyl groups is 1. The molecular formula is C13H22N6O. The standard InChI is InChI=1S/C13H22N6O/c1-6-14-11-17-9-8(15-7-16-9)10(18-11)19-12(2,3)13(4,5)20/h7,20H,6H2,1-5H3,(H3,14,15,16,17,18,19). The Bertz CT molecular complexity index is 598. The van der Waals surface area contributed by atoms with E-state index in [9.17, 15) is 5.11 Å². The van der Waals surface area contributed by atoms with Crippen LogP contribution in [0.4, 0.5) is 11.8 Å². The van der Waals surface area contributed by atoms with Gasteiger partial charge >= 0.3 is 0 Å². The molecule has 4 N–H and O–H groups in total. The van der Waals surface area contributed by atoms with Gasteiger partial charge in [-0.05, 0) is 34.6 Å². The van der Waals surface area contributed by atoms with Gasteiger partial charge in [0.25, 0.3) is 0 Å². The molecule has 7 heteroatoms. The fraction of sp³-hybridized carbons (Fsp3) is 0.615. The summed E-state index contributed by atoms with van der Waals surface area (Å²) in [6.07, 6.45) is 1.58. The first-order valence-corrected chi connectivity index (χ1v) is 6.70. The average molecular weight is 278 g/mol. The first kappa shape index (κ1) is 14.5. The molecule has 0 atom stereocenters. The van der Waals surface area contributed by atoms with Crippen molar-refractivity contribution in [2.45, 2.75) is 45.8 Å². The second-order valence-electron chi connectivity index (χ2n) is 5.84. The summed E-state index contributed by atoms with van der Waals surface area (Å²) in [6.45, 7) is 10.1.